The van der Waals surface area contributed by atoms with Crippen LogP contribution in [0.3, 0.4) is 0 Å². The standard InChI is InChI=1S/C12H21NO6S/c1-11(2,7-19-20(15)16)10(14)18-4-3-13-5-12(6-13)8-17-9-12/h3-9H2,1-2H3,(H,15,16). The smallest absolute Gasteiger partial charge is 0.313 e. The van der Waals surface area contributed by atoms with Gasteiger partial charge in [-0.2, -0.15) is 4.21 Å². The lowest BCUT2D eigenvalue weighted by atomic mass is 9.78. The fourth-order valence-corrected chi connectivity index (χ4v) is 2.75. The van der Waals surface area contributed by atoms with Gasteiger partial charge in [0.25, 0.3) is 0 Å². The molecule has 1 spiro atoms. The fraction of sp³-hybridized carbons (Fsp3) is 0.917. The first-order valence-electron chi connectivity index (χ1n) is 6.55. The second-order valence-electron chi connectivity index (χ2n) is 6.20. The fourth-order valence-electron chi connectivity index (χ4n) is 2.35. The highest BCUT2D eigenvalue weighted by Crippen LogP contribution is 2.37. The van der Waals surface area contributed by atoms with E-state index in [2.05, 4.69) is 9.08 Å². The van der Waals surface area contributed by atoms with Gasteiger partial charge in [0.15, 0.2) is 0 Å². The second kappa shape index (κ2) is 6.07. The molecule has 2 saturated heterocycles. The zero-order chi connectivity index (χ0) is 14.8. The van der Waals surface area contributed by atoms with Crippen LogP contribution in [0.25, 0.3) is 0 Å². The SMILES string of the molecule is CC(C)(COS(=O)O)C(=O)OCCN1CC2(COC2)C1. The maximum atomic E-state index is 11.8. The molecule has 0 aliphatic carbocycles. The van der Waals surface area contributed by atoms with E-state index in [4.69, 9.17) is 14.0 Å². The molecule has 2 aliphatic rings. The minimum atomic E-state index is -2.37. The molecule has 0 radical (unpaired) electrons. The minimum absolute atomic E-state index is 0.154. The first kappa shape index (κ1) is 15.8. The Balaban J connectivity index is 1.61. The van der Waals surface area contributed by atoms with E-state index in [0.29, 0.717) is 18.6 Å². The zero-order valence-corrected chi connectivity index (χ0v) is 12.6. The highest BCUT2D eigenvalue weighted by molar-refractivity contribution is 7.74. The molecular weight excluding hydrogens is 286 g/mol. The normalized spacial score (nSPS) is 22.9. The van der Waals surface area contributed by atoms with Crippen LogP contribution < -0.4 is 0 Å². The Bertz CT molecular complexity index is 387. The Morgan fingerprint density at radius 3 is 2.60 bits per heavy atom. The third-order valence-electron chi connectivity index (χ3n) is 3.65. The molecule has 0 amide bonds. The molecule has 0 aromatic carbocycles. The van der Waals surface area contributed by atoms with Crippen LogP contribution in [0.5, 0.6) is 0 Å². The summed E-state index contributed by atoms with van der Waals surface area (Å²) in [5.74, 6) is -0.426. The number of carbonyl (C=O) groups excluding carboxylic acids is 1. The van der Waals surface area contributed by atoms with Crippen LogP contribution in [0.2, 0.25) is 0 Å². The lowest BCUT2D eigenvalue weighted by Gasteiger charge is -2.55. The average Bonchev–Trinajstić information content (AvgIpc) is 2.26. The van der Waals surface area contributed by atoms with Crippen LogP contribution >= 0.6 is 0 Å². The van der Waals surface area contributed by atoms with Crippen LogP contribution in [0.1, 0.15) is 13.8 Å². The molecule has 2 fully saturated rings. The minimum Gasteiger partial charge on any atom is -0.464 e. The topological polar surface area (TPSA) is 85.3 Å². The van der Waals surface area contributed by atoms with Gasteiger partial charge < -0.3 is 9.47 Å². The van der Waals surface area contributed by atoms with E-state index >= 15 is 0 Å². The predicted molar refractivity (Wildman–Crippen MR) is 71.2 cm³/mol. The Hall–Kier alpha value is -0.540. The van der Waals surface area contributed by atoms with Crippen LogP contribution in [0.15, 0.2) is 0 Å². The molecule has 1 N–H and O–H groups in total. The summed E-state index contributed by atoms with van der Waals surface area (Å²) in [5.41, 5.74) is -0.571. The summed E-state index contributed by atoms with van der Waals surface area (Å²) in [6, 6.07) is 0. The van der Waals surface area contributed by atoms with Crippen molar-refractivity contribution in [2.45, 2.75) is 13.8 Å². The van der Waals surface area contributed by atoms with Crippen LogP contribution in [-0.4, -0.2) is 65.7 Å². The molecule has 0 aromatic heterocycles. The van der Waals surface area contributed by atoms with Crippen molar-refractivity contribution in [1.29, 1.82) is 0 Å². The van der Waals surface area contributed by atoms with Crippen molar-refractivity contribution in [3.63, 3.8) is 0 Å². The largest absolute Gasteiger partial charge is 0.464 e. The van der Waals surface area contributed by atoms with E-state index in [-0.39, 0.29) is 6.61 Å². The summed E-state index contributed by atoms with van der Waals surface area (Å²) in [7, 11) is 0. The predicted octanol–water partition coefficient (Wildman–Crippen LogP) is 0.0413. The molecule has 8 heteroatoms. The Morgan fingerprint density at radius 1 is 1.45 bits per heavy atom. The molecule has 0 bridgehead atoms. The summed E-state index contributed by atoms with van der Waals surface area (Å²) < 4.78 is 33.9. The first-order chi connectivity index (χ1) is 9.33. The summed E-state index contributed by atoms with van der Waals surface area (Å²) in [4.78, 5) is 14.1. The lowest BCUT2D eigenvalue weighted by Crippen LogP contribution is -2.66. The quantitative estimate of drug-likeness (QED) is 0.525. The van der Waals surface area contributed by atoms with Crippen LogP contribution in [0.4, 0.5) is 0 Å². The monoisotopic (exact) mass is 307 g/mol. The van der Waals surface area contributed by atoms with Crippen molar-refractivity contribution in [2.24, 2.45) is 10.8 Å². The number of hydrogen-bond acceptors (Lipinski definition) is 6. The van der Waals surface area contributed by atoms with E-state index in [1.807, 2.05) is 0 Å². The Labute approximate surface area is 121 Å². The molecule has 0 aromatic rings. The van der Waals surface area contributed by atoms with Gasteiger partial charge in [0.1, 0.15) is 6.61 Å². The first-order valence-corrected chi connectivity index (χ1v) is 7.58. The molecule has 20 heavy (non-hydrogen) atoms. The van der Waals surface area contributed by atoms with E-state index in [0.717, 1.165) is 26.3 Å². The number of nitrogens with zero attached hydrogens (tertiary/aromatic N) is 1. The number of likely N-dealkylation sites (tertiary alicyclic amines) is 1. The Kier molecular flexibility index (Phi) is 4.80. The van der Waals surface area contributed by atoms with E-state index in [9.17, 15) is 9.00 Å². The molecule has 7 nitrogen and oxygen atoms in total. The molecule has 2 aliphatic heterocycles. The van der Waals surface area contributed by atoms with Gasteiger partial charge in [-0.15, -0.1) is 0 Å². The van der Waals surface area contributed by atoms with Gasteiger partial charge in [-0.25, -0.2) is 0 Å². The third kappa shape index (κ3) is 3.76. The Morgan fingerprint density at radius 2 is 2.10 bits per heavy atom. The lowest BCUT2D eigenvalue weighted by molar-refractivity contribution is -0.192. The third-order valence-corrected chi connectivity index (χ3v) is 3.97. The van der Waals surface area contributed by atoms with Crippen molar-refractivity contribution < 1.29 is 27.2 Å². The highest BCUT2D eigenvalue weighted by atomic mass is 32.2. The van der Waals surface area contributed by atoms with E-state index in [1.54, 1.807) is 13.8 Å². The summed E-state index contributed by atoms with van der Waals surface area (Å²) in [6.45, 7) is 7.79. The molecule has 1 atom stereocenters. The number of esters is 1. The van der Waals surface area contributed by atoms with E-state index in [1.165, 1.54) is 0 Å². The number of hydrogen-bond donors (Lipinski definition) is 1. The molecule has 0 saturated carbocycles. The van der Waals surface area contributed by atoms with E-state index < -0.39 is 22.7 Å². The number of ether oxygens (including phenoxy) is 2. The summed E-state index contributed by atoms with van der Waals surface area (Å²) >= 11 is -2.37. The highest BCUT2D eigenvalue weighted by Gasteiger charge is 2.48. The van der Waals surface area contributed by atoms with Gasteiger partial charge in [0.05, 0.1) is 25.2 Å². The number of rotatable bonds is 7. The van der Waals surface area contributed by atoms with Gasteiger partial charge in [-0.05, 0) is 13.8 Å². The summed E-state index contributed by atoms with van der Waals surface area (Å²) in [5, 5.41) is 0. The second-order valence-corrected chi connectivity index (χ2v) is 6.87. The van der Waals surface area contributed by atoms with Crippen LogP contribution in [-0.2, 0) is 29.8 Å². The molecule has 2 heterocycles. The average molecular weight is 307 g/mol. The molecule has 1 unspecified atom stereocenters. The van der Waals surface area contributed by atoms with Crippen molar-refractivity contribution in [1.82, 2.24) is 4.90 Å². The van der Waals surface area contributed by atoms with Crippen molar-refractivity contribution in [3.8, 4) is 0 Å². The van der Waals surface area contributed by atoms with Gasteiger partial charge in [-0.3, -0.25) is 18.4 Å². The summed E-state index contributed by atoms with van der Waals surface area (Å²) in [6.07, 6.45) is 0. The molecule has 2 rings (SSSR count). The molecule has 116 valence electrons. The maximum Gasteiger partial charge on any atom is 0.313 e. The maximum absolute atomic E-state index is 11.8. The van der Waals surface area contributed by atoms with Gasteiger partial charge in [0, 0.05) is 25.0 Å². The van der Waals surface area contributed by atoms with Gasteiger partial charge in [-0.1, -0.05) is 0 Å². The van der Waals surface area contributed by atoms with Crippen molar-refractivity contribution in [3.05, 3.63) is 0 Å². The van der Waals surface area contributed by atoms with Crippen LogP contribution in [0, 0.1) is 10.8 Å². The van der Waals surface area contributed by atoms with Gasteiger partial charge in [0.2, 0.25) is 0 Å². The van der Waals surface area contributed by atoms with Crippen molar-refractivity contribution >= 4 is 17.3 Å². The number of carbonyl (C=O) groups is 1. The van der Waals surface area contributed by atoms with Gasteiger partial charge >= 0.3 is 17.3 Å². The zero-order valence-electron chi connectivity index (χ0n) is 11.8. The molecular formula is C12H21NO6S. The van der Waals surface area contributed by atoms with Crippen molar-refractivity contribution in [2.75, 3.05) is 46.1 Å².